The summed E-state index contributed by atoms with van der Waals surface area (Å²) in [4.78, 5) is 14.9. The van der Waals surface area contributed by atoms with Crippen molar-refractivity contribution in [1.82, 2.24) is 4.90 Å². The zero-order valence-corrected chi connectivity index (χ0v) is 19.5. The Kier molecular flexibility index (Phi) is 6.49. The molecule has 2 aliphatic heterocycles. The van der Waals surface area contributed by atoms with Gasteiger partial charge in [-0.1, -0.05) is 30.0 Å². The molecule has 2 aromatic carbocycles. The number of nitrogens with zero attached hydrogens (tertiary/aromatic N) is 1. The number of aryl methyl sites for hydroxylation is 1. The number of benzene rings is 2. The Labute approximate surface area is 189 Å². The molecule has 0 spiro atoms. The van der Waals surface area contributed by atoms with E-state index >= 15 is 0 Å². The first-order chi connectivity index (χ1) is 14.8. The summed E-state index contributed by atoms with van der Waals surface area (Å²) in [6.07, 6.45) is 4.16. The molecule has 0 radical (unpaired) electrons. The van der Waals surface area contributed by atoms with Gasteiger partial charge in [-0.25, -0.2) is 0 Å². The number of esters is 1. The van der Waals surface area contributed by atoms with Crippen molar-refractivity contribution in [1.29, 1.82) is 0 Å². The SMILES string of the molecule is COc1ccc(CCC2CCC(c3ccc4c(c3)SC(C)(C)O4)N2COC(C)=O)cc1. The molecule has 2 aliphatic rings. The fourth-order valence-electron chi connectivity index (χ4n) is 4.54. The van der Waals surface area contributed by atoms with E-state index in [1.807, 2.05) is 12.1 Å². The highest BCUT2D eigenvalue weighted by Gasteiger charge is 2.37. The number of fused-ring (bicyclic) bond motifs is 1. The van der Waals surface area contributed by atoms with E-state index in [0.717, 1.165) is 37.2 Å². The van der Waals surface area contributed by atoms with E-state index in [1.165, 1.54) is 22.9 Å². The topological polar surface area (TPSA) is 48.0 Å². The molecular formula is C25H31NO4S. The highest BCUT2D eigenvalue weighted by atomic mass is 32.2. The van der Waals surface area contributed by atoms with Crippen LogP contribution in [-0.4, -0.2) is 35.7 Å². The van der Waals surface area contributed by atoms with Crippen molar-refractivity contribution in [2.24, 2.45) is 0 Å². The van der Waals surface area contributed by atoms with Crippen LogP contribution in [0.4, 0.5) is 0 Å². The van der Waals surface area contributed by atoms with Gasteiger partial charge < -0.3 is 14.2 Å². The predicted octanol–water partition coefficient (Wildman–Crippen LogP) is 5.57. The largest absolute Gasteiger partial charge is 0.497 e. The Morgan fingerprint density at radius 1 is 1.19 bits per heavy atom. The van der Waals surface area contributed by atoms with E-state index < -0.39 is 0 Å². The van der Waals surface area contributed by atoms with Gasteiger partial charge in [-0.2, -0.15) is 0 Å². The predicted molar refractivity (Wildman–Crippen MR) is 123 cm³/mol. The van der Waals surface area contributed by atoms with Crippen LogP contribution in [0, 0.1) is 0 Å². The van der Waals surface area contributed by atoms with E-state index in [4.69, 9.17) is 14.2 Å². The standard InChI is InChI=1S/C25H31NO4S/c1-17(27)29-16-26-20(9-5-18-6-11-21(28-4)12-7-18)10-13-22(26)19-8-14-23-24(15-19)31-25(2,3)30-23/h6-8,11-12,14-15,20,22H,5,9-10,13,16H2,1-4H3. The van der Waals surface area contributed by atoms with Crippen molar-refractivity contribution in [3.8, 4) is 11.5 Å². The minimum Gasteiger partial charge on any atom is -0.497 e. The number of rotatable bonds is 7. The van der Waals surface area contributed by atoms with Gasteiger partial charge in [0, 0.05) is 19.0 Å². The molecule has 2 heterocycles. The number of ether oxygens (including phenoxy) is 3. The van der Waals surface area contributed by atoms with Gasteiger partial charge in [0.15, 0.2) is 4.93 Å². The lowest BCUT2D eigenvalue weighted by atomic mass is 10.0. The Morgan fingerprint density at radius 2 is 1.97 bits per heavy atom. The molecule has 2 unspecified atom stereocenters. The van der Waals surface area contributed by atoms with Crippen LogP contribution in [0.3, 0.4) is 0 Å². The van der Waals surface area contributed by atoms with Crippen molar-refractivity contribution in [2.45, 2.75) is 68.4 Å². The lowest BCUT2D eigenvalue weighted by molar-refractivity contribution is -0.147. The first-order valence-electron chi connectivity index (χ1n) is 10.9. The Hall–Kier alpha value is -2.18. The Morgan fingerprint density at radius 3 is 2.68 bits per heavy atom. The van der Waals surface area contributed by atoms with Gasteiger partial charge in [-0.05, 0) is 74.9 Å². The maximum atomic E-state index is 11.5. The van der Waals surface area contributed by atoms with E-state index in [0.29, 0.717) is 12.8 Å². The molecule has 4 rings (SSSR count). The molecule has 0 N–H and O–H groups in total. The number of likely N-dealkylation sites (tertiary alicyclic amines) is 1. The second-order valence-corrected chi connectivity index (χ2v) is 10.4. The van der Waals surface area contributed by atoms with Gasteiger partial charge in [-0.3, -0.25) is 9.69 Å². The lowest BCUT2D eigenvalue weighted by Crippen LogP contribution is -2.34. The van der Waals surface area contributed by atoms with Crippen LogP contribution < -0.4 is 9.47 Å². The zero-order valence-electron chi connectivity index (χ0n) is 18.7. The van der Waals surface area contributed by atoms with Crippen LogP contribution in [-0.2, 0) is 16.0 Å². The Bertz CT molecular complexity index is 928. The van der Waals surface area contributed by atoms with Crippen LogP contribution in [0.25, 0.3) is 0 Å². The second kappa shape index (κ2) is 9.13. The number of carbonyl (C=O) groups excluding carboxylic acids is 1. The van der Waals surface area contributed by atoms with Gasteiger partial charge in [0.05, 0.1) is 12.0 Å². The van der Waals surface area contributed by atoms with Crippen molar-refractivity contribution in [3.63, 3.8) is 0 Å². The van der Waals surface area contributed by atoms with Crippen LogP contribution in [0.15, 0.2) is 47.4 Å². The molecule has 166 valence electrons. The third-order valence-corrected chi connectivity index (χ3v) is 7.16. The third-order valence-electron chi connectivity index (χ3n) is 6.05. The van der Waals surface area contributed by atoms with E-state index in [2.05, 4.69) is 49.1 Å². The second-order valence-electron chi connectivity index (χ2n) is 8.72. The van der Waals surface area contributed by atoms with Crippen molar-refractivity contribution >= 4 is 17.7 Å². The zero-order chi connectivity index (χ0) is 22.0. The summed E-state index contributed by atoms with van der Waals surface area (Å²) < 4.78 is 16.7. The fourth-order valence-corrected chi connectivity index (χ4v) is 5.60. The van der Waals surface area contributed by atoms with Crippen molar-refractivity contribution in [2.75, 3.05) is 13.8 Å². The van der Waals surface area contributed by atoms with Crippen LogP contribution in [0.1, 0.15) is 57.2 Å². The van der Waals surface area contributed by atoms with Gasteiger partial charge in [0.25, 0.3) is 0 Å². The number of carbonyl (C=O) groups is 1. The van der Waals surface area contributed by atoms with Gasteiger partial charge in [0.2, 0.25) is 0 Å². The molecule has 1 saturated heterocycles. The minimum absolute atomic E-state index is 0.227. The molecule has 31 heavy (non-hydrogen) atoms. The maximum absolute atomic E-state index is 11.5. The van der Waals surface area contributed by atoms with Crippen LogP contribution in [0.2, 0.25) is 0 Å². The van der Waals surface area contributed by atoms with Crippen molar-refractivity contribution in [3.05, 3.63) is 53.6 Å². The molecule has 1 fully saturated rings. The molecule has 2 atom stereocenters. The summed E-state index contributed by atoms with van der Waals surface area (Å²) in [5.41, 5.74) is 2.57. The van der Waals surface area contributed by atoms with E-state index in [1.54, 1.807) is 18.9 Å². The summed E-state index contributed by atoms with van der Waals surface area (Å²) in [5.74, 6) is 1.60. The summed E-state index contributed by atoms with van der Waals surface area (Å²) >= 11 is 1.76. The Balaban J connectivity index is 1.48. The fraction of sp³-hybridized carbons (Fsp3) is 0.480. The van der Waals surface area contributed by atoms with Crippen molar-refractivity contribution < 1.29 is 19.0 Å². The van der Waals surface area contributed by atoms with Crippen LogP contribution in [0.5, 0.6) is 11.5 Å². The molecular weight excluding hydrogens is 410 g/mol. The number of hydrogen-bond donors (Lipinski definition) is 0. The summed E-state index contributed by atoms with van der Waals surface area (Å²) in [6.45, 7) is 5.99. The van der Waals surface area contributed by atoms with E-state index in [-0.39, 0.29) is 16.9 Å². The first kappa shape index (κ1) is 22.0. The normalized spacial score (nSPS) is 22.1. The minimum atomic E-state index is -0.237. The highest BCUT2D eigenvalue weighted by Crippen LogP contribution is 2.49. The smallest absolute Gasteiger partial charge is 0.303 e. The summed E-state index contributed by atoms with van der Waals surface area (Å²) in [6, 6.07) is 15.4. The van der Waals surface area contributed by atoms with E-state index in [9.17, 15) is 4.79 Å². The number of hydrogen-bond acceptors (Lipinski definition) is 6. The number of thioether (sulfide) groups is 1. The molecule has 2 aromatic rings. The molecule has 6 heteroatoms. The van der Waals surface area contributed by atoms with Gasteiger partial charge in [-0.15, -0.1) is 0 Å². The molecule has 5 nitrogen and oxygen atoms in total. The number of methoxy groups -OCH3 is 1. The molecule has 0 saturated carbocycles. The molecule has 0 bridgehead atoms. The average Bonchev–Trinajstić information content (AvgIpc) is 3.28. The molecule has 0 aromatic heterocycles. The maximum Gasteiger partial charge on any atom is 0.303 e. The summed E-state index contributed by atoms with van der Waals surface area (Å²) in [5, 5.41) is 0. The molecule has 0 aliphatic carbocycles. The first-order valence-corrected chi connectivity index (χ1v) is 11.7. The average molecular weight is 442 g/mol. The van der Waals surface area contributed by atoms with Gasteiger partial charge in [0.1, 0.15) is 18.2 Å². The summed E-state index contributed by atoms with van der Waals surface area (Å²) in [7, 11) is 1.69. The highest BCUT2D eigenvalue weighted by molar-refractivity contribution is 8.00. The third kappa shape index (κ3) is 5.18. The van der Waals surface area contributed by atoms with Gasteiger partial charge >= 0.3 is 5.97 Å². The quantitative estimate of drug-likeness (QED) is 0.523. The van der Waals surface area contributed by atoms with Crippen LogP contribution >= 0.6 is 11.8 Å². The molecule has 0 amide bonds. The monoisotopic (exact) mass is 441 g/mol. The lowest BCUT2D eigenvalue weighted by Gasteiger charge is -2.30.